The van der Waals surface area contributed by atoms with Gasteiger partial charge in [-0.15, -0.1) is 0 Å². The van der Waals surface area contributed by atoms with Gasteiger partial charge in [-0.25, -0.2) is 0 Å². The molecule has 1 aliphatic rings. The highest BCUT2D eigenvalue weighted by atomic mass is 16.3. The van der Waals surface area contributed by atoms with Crippen molar-refractivity contribution in [1.29, 1.82) is 0 Å². The number of rotatable bonds is 9. The molecule has 0 heterocycles. The van der Waals surface area contributed by atoms with Gasteiger partial charge in [0.15, 0.2) is 0 Å². The number of hydrogen-bond acceptors (Lipinski definition) is 3. The van der Waals surface area contributed by atoms with Crippen LogP contribution >= 0.6 is 0 Å². The molecule has 0 aromatic heterocycles. The molecular weight excluding hydrogens is 350 g/mol. The number of amides is 1. The first kappa shape index (κ1) is 22.6. The predicted octanol–water partition coefficient (Wildman–Crippen LogP) is 4.11. The SMILES string of the molecule is CN(C)C(=O)C[C@@]1(O)CCC[C@@H](/C=C/[C@@](C)(O)CCCCc2ccccc2)C1. The molecule has 0 aliphatic heterocycles. The second-order valence-electron chi connectivity index (χ2n) is 8.95. The van der Waals surface area contributed by atoms with Crippen LogP contribution < -0.4 is 0 Å². The van der Waals surface area contributed by atoms with Crippen molar-refractivity contribution in [3.05, 3.63) is 48.0 Å². The van der Waals surface area contributed by atoms with E-state index in [4.69, 9.17) is 0 Å². The molecule has 156 valence electrons. The van der Waals surface area contributed by atoms with E-state index in [1.165, 1.54) is 10.5 Å². The second-order valence-corrected chi connectivity index (χ2v) is 8.95. The Hall–Kier alpha value is -1.65. The standard InChI is InChI=1S/C24H37NO3/c1-23(27,15-8-7-12-20-10-5-4-6-11-20)17-14-21-13-9-16-24(28,18-21)19-22(26)25(2)3/h4-6,10-11,14,17,21,27-28H,7-9,12-13,15-16,18-19H2,1-3H3/b17-14+/t21-,23-,24+/m0/s1. The lowest BCUT2D eigenvalue weighted by atomic mass is 9.75. The number of carbonyl (C=O) groups excluding carboxylic acids is 1. The zero-order chi connectivity index (χ0) is 20.6. The second kappa shape index (κ2) is 10.2. The number of carbonyl (C=O) groups is 1. The minimum atomic E-state index is -0.920. The quantitative estimate of drug-likeness (QED) is 0.495. The fourth-order valence-corrected chi connectivity index (χ4v) is 4.03. The molecular formula is C24H37NO3. The summed E-state index contributed by atoms with van der Waals surface area (Å²) in [5.41, 5.74) is -0.409. The highest BCUT2D eigenvalue weighted by molar-refractivity contribution is 5.76. The van der Waals surface area contributed by atoms with E-state index in [9.17, 15) is 15.0 Å². The number of benzene rings is 1. The number of nitrogens with zero attached hydrogens (tertiary/aromatic N) is 1. The minimum absolute atomic E-state index is 0.0301. The first-order chi connectivity index (χ1) is 13.2. The van der Waals surface area contributed by atoms with Gasteiger partial charge in [-0.2, -0.15) is 0 Å². The van der Waals surface area contributed by atoms with Crippen LogP contribution in [0.15, 0.2) is 42.5 Å². The normalized spacial score (nSPS) is 24.8. The van der Waals surface area contributed by atoms with Gasteiger partial charge in [0.25, 0.3) is 0 Å². The molecule has 3 atom stereocenters. The predicted molar refractivity (Wildman–Crippen MR) is 114 cm³/mol. The summed E-state index contributed by atoms with van der Waals surface area (Å²) in [6, 6.07) is 10.4. The van der Waals surface area contributed by atoms with Crippen molar-refractivity contribution in [2.45, 2.75) is 75.9 Å². The van der Waals surface area contributed by atoms with Crippen molar-refractivity contribution in [2.24, 2.45) is 5.92 Å². The number of aliphatic hydroxyl groups is 2. The lowest BCUT2D eigenvalue weighted by molar-refractivity contribution is -0.135. The highest BCUT2D eigenvalue weighted by Gasteiger charge is 2.36. The van der Waals surface area contributed by atoms with Gasteiger partial charge in [-0.1, -0.05) is 42.5 Å². The van der Waals surface area contributed by atoms with Crippen molar-refractivity contribution in [3.63, 3.8) is 0 Å². The molecule has 0 saturated heterocycles. The largest absolute Gasteiger partial charge is 0.389 e. The molecule has 1 aromatic carbocycles. The van der Waals surface area contributed by atoms with Crippen LogP contribution in [0.25, 0.3) is 0 Å². The summed E-state index contributed by atoms with van der Waals surface area (Å²) < 4.78 is 0. The van der Waals surface area contributed by atoms with Crippen LogP contribution in [-0.4, -0.2) is 46.3 Å². The van der Waals surface area contributed by atoms with E-state index in [0.717, 1.165) is 38.5 Å². The zero-order valence-electron chi connectivity index (χ0n) is 17.7. The Bertz CT molecular complexity index is 639. The molecule has 0 radical (unpaired) electrons. The fourth-order valence-electron chi connectivity index (χ4n) is 4.03. The fraction of sp³-hybridized carbons (Fsp3) is 0.625. The van der Waals surface area contributed by atoms with Crippen LogP contribution in [0.5, 0.6) is 0 Å². The molecule has 1 fully saturated rings. The summed E-state index contributed by atoms with van der Waals surface area (Å²) >= 11 is 0. The van der Waals surface area contributed by atoms with Crippen molar-refractivity contribution in [3.8, 4) is 0 Å². The van der Waals surface area contributed by atoms with E-state index in [0.29, 0.717) is 12.8 Å². The third kappa shape index (κ3) is 7.76. The lowest BCUT2D eigenvalue weighted by Gasteiger charge is -2.36. The summed E-state index contributed by atoms with van der Waals surface area (Å²) in [6.45, 7) is 1.86. The van der Waals surface area contributed by atoms with Gasteiger partial charge in [-0.3, -0.25) is 4.79 Å². The van der Waals surface area contributed by atoms with Gasteiger partial charge in [0, 0.05) is 14.1 Å². The van der Waals surface area contributed by atoms with Crippen molar-refractivity contribution < 1.29 is 15.0 Å². The number of hydrogen-bond donors (Lipinski definition) is 2. The van der Waals surface area contributed by atoms with E-state index in [1.54, 1.807) is 14.1 Å². The molecule has 28 heavy (non-hydrogen) atoms. The van der Waals surface area contributed by atoms with E-state index in [2.05, 4.69) is 30.3 Å². The van der Waals surface area contributed by atoms with Crippen LogP contribution in [0.3, 0.4) is 0 Å². The molecule has 4 heteroatoms. The lowest BCUT2D eigenvalue weighted by Crippen LogP contribution is -2.40. The Labute approximate surface area is 170 Å². The summed E-state index contributed by atoms with van der Waals surface area (Å²) in [5, 5.41) is 21.5. The third-order valence-corrected chi connectivity index (χ3v) is 5.81. The van der Waals surface area contributed by atoms with Gasteiger partial charge in [0.05, 0.1) is 17.6 Å². The first-order valence-corrected chi connectivity index (χ1v) is 10.6. The molecule has 1 aromatic rings. The summed E-state index contributed by atoms with van der Waals surface area (Å²) in [4.78, 5) is 13.5. The summed E-state index contributed by atoms with van der Waals surface area (Å²) in [7, 11) is 3.45. The van der Waals surface area contributed by atoms with Crippen LogP contribution in [0.1, 0.15) is 63.9 Å². The molecule has 1 aliphatic carbocycles. The number of allylic oxidation sites excluding steroid dienone is 1. The van der Waals surface area contributed by atoms with Gasteiger partial charge >= 0.3 is 0 Å². The average molecular weight is 388 g/mol. The maximum absolute atomic E-state index is 12.0. The Morgan fingerprint density at radius 1 is 1.29 bits per heavy atom. The highest BCUT2D eigenvalue weighted by Crippen LogP contribution is 2.36. The molecule has 1 saturated carbocycles. The van der Waals surface area contributed by atoms with E-state index < -0.39 is 11.2 Å². The smallest absolute Gasteiger partial charge is 0.224 e. The minimum Gasteiger partial charge on any atom is -0.389 e. The average Bonchev–Trinajstić information content (AvgIpc) is 2.64. The van der Waals surface area contributed by atoms with E-state index in [-0.39, 0.29) is 18.2 Å². The van der Waals surface area contributed by atoms with Gasteiger partial charge < -0.3 is 15.1 Å². The van der Waals surface area contributed by atoms with Crippen LogP contribution in [0.4, 0.5) is 0 Å². The molecule has 2 rings (SSSR count). The summed E-state index contributed by atoms with van der Waals surface area (Å²) in [6.07, 6.45) is 11.1. The van der Waals surface area contributed by atoms with E-state index >= 15 is 0 Å². The molecule has 0 bridgehead atoms. The summed E-state index contributed by atoms with van der Waals surface area (Å²) in [5.74, 6) is 0.182. The Kier molecular flexibility index (Phi) is 8.26. The van der Waals surface area contributed by atoms with E-state index in [1.807, 2.05) is 19.1 Å². The van der Waals surface area contributed by atoms with Crippen LogP contribution in [-0.2, 0) is 11.2 Å². The van der Waals surface area contributed by atoms with Crippen molar-refractivity contribution in [2.75, 3.05) is 14.1 Å². The number of unbranched alkanes of at least 4 members (excludes halogenated alkanes) is 1. The maximum Gasteiger partial charge on any atom is 0.224 e. The Balaban J connectivity index is 1.79. The topological polar surface area (TPSA) is 60.8 Å². The molecule has 2 N–H and O–H groups in total. The van der Waals surface area contributed by atoms with Crippen molar-refractivity contribution >= 4 is 5.91 Å². The van der Waals surface area contributed by atoms with Gasteiger partial charge in [0.2, 0.25) is 5.91 Å². The Morgan fingerprint density at radius 3 is 2.68 bits per heavy atom. The van der Waals surface area contributed by atoms with Crippen LogP contribution in [0, 0.1) is 5.92 Å². The third-order valence-electron chi connectivity index (χ3n) is 5.81. The molecule has 0 unspecified atom stereocenters. The van der Waals surface area contributed by atoms with Crippen molar-refractivity contribution in [1.82, 2.24) is 4.90 Å². The number of aryl methyl sites for hydroxylation is 1. The van der Waals surface area contributed by atoms with Gasteiger partial charge in [0.1, 0.15) is 0 Å². The van der Waals surface area contributed by atoms with Gasteiger partial charge in [-0.05, 0) is 69.8 Å². The molecule has 4 nitrogen and oxygen atoms in total. The zero-order valence-corrected chi connectivity index (χ0v) is 17.7. The maximum atomic E-state index is 12.0. The first-order valence-electron chi connectivity index (χ1n) is 10.6. The monoisotopic (exact) mass is 387 g/mol. The molecule has 0 spiro atoms. The molecule has 1 amide bonds. The Morgan fingerprint density at radius 2 is 2.00 bits per heavy atom. The van der Waals surface area contributed by atoms with Crippen LogP contribution in [0.2, 0.25) is 0 Å².